The fourth-order valence-corrected chi connectivity index (χ4v) is 3.54. The van der Waals surface area contributed by atoms with Crippen molar-refractivity contribution in [2.45, 2.75) is 18.9 Å². The molecule has 23 heavy (non-hydrogen) atoms. The Kier molecular flexibility index (Phi) is 3.58. The lowest BCUT2D eigenvalue weighted by atomic mass is 10.1. The van der Waals surface area contributed by atoms with Gasteiger partial charge in [-0.25, -0.2) is 0 Å². The maximum Gasteiger partial charge on any atom is 0.251 e. The lowest BCUT2D eigenvalue weighted by Gasteiger charge is -2.15. The molecule has 2 aromatic carbocycles. The molecule has 1 aliphatic carbocycles. The molecule has 1 amide bonds. The molecular formula is C17H13Cl2NO3. The smallest absolute Gasteiger partial charge is 0.251 e. The van der Waals surface area contributed by atoms with E-state index in [1.54, 1.807) is 12.1 Å². The summed E-state index contributed by atoms with van der Waals surface area (Å²) in [5.74, 6) is 0.809. The Hall–Kier alpha value is -1.91. The summed E-state index contributed by atoms with van der Waals surface area (Å²) in [7, 11) is 0. The zero-order chi connectivity index (χ0) is 16.0. The summed E-state index contributed by atoms with van der Waals surface area (Å²) in [5.41, 5.74) is 2.77. The average Bonchev–Trinajstić information content (AvgIpc) is 3.14. The summed E-state index contributed by atoms with van der Waals surface area (Å²) in [6, 6.07) is 9.02. The molecule has 1 aliphatic heterocycles. The van der Waals surface area contributed by atoms with E-state index >= 15 is 0 Å². The van der Waals surface area contributed by atoms with Gasteiger partial charge in [-0.2, -0.15) is 0 Å². The van der Waals surface area contributed by atoms with Gasteiger partial charge in [0.1, 0.15) is 0 Å². The zero-order valence-electron chi connectivity index (χ0n) is 12.1. The summed E-state index contributed by atoms with van der Waals surface area (Å²) in [6.07, 6.45) is 1.77. The van der Waals surface area contributed by atoms with Crippen molar-refractivity contribution < 1.29 is 14.3 Å². The highest BCUT2D eigenvalue weighted by molar-refractivity contribution is 6.32. The van der Waals surface area contributed by atoms with Crippen LogP contribution in [-0.4, -0.2) is 12.7 Å². The van der Waals surface area contributed by atoms with Crippen LogP contribution in [0.5, 0.6) is 11.5 Å². The largest absolute Gasteiger partial charge is 0.454 e. The minimum absolute atomic E-state index is 0.0148. The highest BCUT2D eigenvalue weighted by atomic mass is 35.5. The van der Waals surface area contributed by atoms with Crippen LogP contribution in [0.25, 0.3) is 0 Å². The number of carbonyl (C=O) groups excluding carboxylic acids is 1. The molecule has 6 heteroatoms. The number of benzene rings is 2. The van der Waals surface area contributed by atoms with Gasteiger partial charge in [0, 0.05) is 10.6 Å². The molecule has 0 fully saturated rings. The molecule has 4 nitrogen and oxygen atoms in total. The fourth-order valence-electron chi connectivity index (χ4n) is 3.08. The monoisotopic (exact) mass is 349 g/mol. The Bertz CT molecular complexity index is 807. The van der Waals surface area contributed by atoms with Crippen LogP contribution in [-0.2, 0) is 6.42 Å². The first kappa shape index (κ1) is 14.7. The van der Waals surface area contributed by atoms with E-state index in [9.17, 15) is 4.79 Å². The van der Waals surface area contributed by atoms with Crippen molar-refractivity contribution in [1.82, 2.24) is 5.32 Å². The first-order valence-corrected chi connectivity index (χ1v) is 8.06. The number of fused-ring (bicyclic) bond motifs is 2. The third kappa shape index (κ3) is 2.62. The molecule has 0 bridgehead atoms. The third-order valence-electron chi connectivity index (χ3n) is 4.18. The van der Waals surface area contributed by atoms with Gasteiger partial charge < -0.3 is 14.8 Å². The quantitative estimate of drug-likeness (QED) is 0.886. The van der Waals surface area contributed by atoms with Gasteiger partial charge >= 0.3 is 0 Å². The van der Waals surface area contributed by atoms with Gasteiger partial charge in [0.2, 0.25) is 6.79 Å². The van der Waals surface area contributed by atoms with Gasteiger partial charge in [-0.3, -0.25) is 4.79 Å². The molecule has 1 N–H and O–H groups in total. The normalized spacial score (nSPS) is 17.9. The summed E-state index contributed by atoms with van der Waals surface area (Å²) in [4.78, 5) is 12.5. The maximum absolute atomic E-state index is 12.5. The van der Waals surface area contributed by atoms with Gasteiger partial charge in [-0.15, -0.1) is 0 Å². The summed E-state index contributed by atoms with van der Waals surface area (Å²) in [5, 5.41) is 4.15. The van der Waals surface area contributed by atoms with E-state index in [1.807, 2.05) is 18.2 Å². The lowest BCUT2D eigenvalue weighted by Crippen LogP contribution is -2.27. The van der Waals surface area contributed by atoms with Crippen molar-refractivity contribution in [2.75, 3.05) is 6.79 Å². The Balaban J connectivity index is 1.57. The minimum Gasteiger partial charge on any atom is -0.454 e. The molecule has 0 aromatic heterocycles. The SMILES string of the molecule is O=C(NC1CCc2cc(Cl)ccc21)c1cc(Cl)c2c(c1)OCO2. The molecule has 1 atom stereocenters. The van der Waals surface area contributed by atoms with Crippen LogP contribution in [0.4, 0.5) is 0 Å². The predicted octanol–water partition coefficient (Wildman–Crippen LogP) is 4.14. The van der Waals surface area contributed by atoms with E-state index < -0.39 is 0 Å². The van der Waals surface area contributed by atoms with E-state index in [0.717, 1.165) is 23.4 Å². The fraction of sp³-hybridized carbons (Fsp3) is 0.235. The Labute approximate surface area is 143 Å². The second-order valence-electron chi connectivity index (χ2n) is 5.60. The predicted molar refractivity (Wildman–Crippen MR) is 87.6 cm³/mol. The number of ether oxygens (including phenoxy) is 2. The molecule has 0 saturated heterocycles. The maximum atomic E-state index is 12.5. The molecule has 0 radical (unpaired) electrons. The first-order valence-electron chi connectivity index (χ1n) is 7.30. The van der Waals surface area contributed by atoms with Gasteiger partial charge in [0.15, 0.2) is 11.5 Å². The van der Waals surface area contributed by atoms with Crippen molar-refractivity contribution in [3.05, 3.63) is 57.1 Å². The van der Waals surface area contributed by atoms with Crippen molar-refractivity contribution in [1.29, 1.82) is 0 Å². The summed E-state index contributed by atoms with van der Waals surface area (Å²) in [6.45, 7) is 0.122. The topological polar surface area (TPSA) is 47.6 Å². The van der Waals surface area contributed by atoms with Crippen LogP contribution in [0.1, 0.15) is 33.9 Å². The Morgan fingerprint density at radius 2 is 2.04 bits per heavy atom. The van der Waals surface area contributed by atoms with E-state index in [0.29, 0.717) is 22.1 Å². The molecular weight excluding hydrogens is 337 g/mol. The van der Waals surface area contributed by atoms with Crippen molar-refractivity contribution >= 4 is 29.1 Å². The lowest BCUT2D eigenvalue weighted by molar-refractivity contribution is 0.0936. The third-order valence-corrected chi connectivity index (χ3v) is 4.69. The standard InChI is InChI=1S/C17H13Cl2NO3/c18-11-2-3-12-9(5-11)1-4-14(12)20-17(21)10-6-13(19)16-15(7-10)22-8-23-16/h2-3,5-7,14H,1,4,8H2,(H,20,21). The van der Waals surface area contributed by atoms with Crippen molar-refractivity contribution in [3.8, 4) is 11.5 Å². The van der Waals surface area contributed by atoms with Crippen molar-refractivity contribution in [2.24, 2.45) is 0 Å². The molecule has 2 aromatic rings. The molecule has 0 saturated carbocycles. The van der Waals surface area contributed by atoms with E-state index in [2.05, 4.69) is 5.32 Å². The molecule has 4 rings (SSSR count). The molecule has 1 unspecified atom stereocenters. The van der Waals surface area contributed by atoms with E-state index in [4.69, 9.17) is 32.7 Å². The van der Waals surface area contributed by atoms with Gasteiger partial charge in [-0.05, 0) is 48.2 Å². The van der Waals surface area contributed by atoms with Crippen molar-refractivity contribution in [3.63, 3.8) is 0 Å². The number of carbonyl (C=O) groups is 1. The van der Waals surface area contributed by atoms with Crippen LogP contribution in [0.3, 0.4) is 0 Å². The average molecular weight is 350 g/mol. The number of aryl methyl sites for hydroxylation is 1. The molecule has 118 valence electrons. The van der Waals surface area contributed by atoms with Gasteiger partial charge in [0.25, 0.3) is 5.91 Å². The second kappa shape index (κ2) is 5.62. The number of hydrogen-bond donors (Lipinski definition) is 1. The van der Waals surface area contributed by atoms with Gasteiger partial charge in [-0.1, -0.05) is 29.3 Å². The highest BCUT2D eigenvalue weighted by Gasteiger charge is 2.26. The molecule has 0 spiro atoms. The number of hydrogen-bond acceptors (Lipinski definition) is 3. The van der Waals surface area contributed by atoms with E-state index in [1.165, 1.54) is 5.56 Å². The first-order chi connectivity index (χ1) is 11.1. The molecule has 2 aliphatic rings. The summed E-state index contributed by atoms with van der Waals surface area (Å²) >= 11 is 12.2. The number of amides is 1. The summed E-state index contributed by atoms with van der Waals surface area (Å²) < 4.78 is 10.6. The zero-order valence-corrected chi connectivity index (χ0v) is 13.6. The van der Waals surface area contributed by atoms with Crippen LogP contribution < -0.4 is 14.8 Å². The van der Waals surface area contributed by atoms with Crippen LogP contribution in [0.2, 0.25) is 10.0 Å². The van der Waals surface area contributed by atoms with Crippen LogP contribution in [0, 0.1) is 0 Å². The number of halogens is 2. The Morgan fingerprint density at radius 1 is 1.17 bits per heavy atom. The van der Waals surface area contributed by atoms with E-state index in [-0.39, 0.29) is 18.7 Å². The minimum atomic E-state index is -0.182. The van der Waals surface area contributed by atoms with Crippen LogP contribution in [0.15, 0.2) is 30.3 Å². The Morgan fingerprint density at radius 3 is 2.91 bits per heavy atom. The second-order valence-corrected chi connectivity index (χ2v) is 6.44. The number of nitrogens with one attached hydrogen (secondary N) is 1. The highest BCUT2D eigenvalue weighted by Crippen LogP contribution is 2.40. The number of rotatable bonds is 2. The van der Waals surface area contributed by atoms with Gasteiger partial charge in [0.05, 0.1) is 11.1 Å². The van der Waals surface area contributed by atoms with Crippen LogP contribution >= 0.6 is 23.2 Å². The molecule has 1 heterocycles.